The maximum Gasteiger partial charge on any atom is 0.306 e. The number of rotatable bonds is 6. The highest BCUT2D eigenvalue weighted by Crippen LogP contribution is 2.68. The van der Waals surface area contributed by atoms with Crippen LogP contribution < -0.4 is 4.74 Å². The van der Waals surface area contributed by atoms with Crippen molar-refractivity contribution >= 4 is 11.9 Å². The molecule has 1 aliphatic rings. The zero-order valence-corrected chi connectivity index (χ0v) is 12.4. The Bertz CT molecular complexity index is 528. The van der Waals surface area contributed by atoms with Crippen LogP contribution in [0.5, 0.6) is 5.75 Å². The molecular formula is C16H20O5. The molecule has 0 radical (unpaired) electrons. The highest BCUT2D eigenvalue weighted by Gasteiger charge is 2.64. The first kappa shape index (κ1) is 15.4. The van der Waals surface area contributed by atoms with E-state index in [9.17, 15) is 19.8 Å². The van der Waals surface area contributed by atoms with E-state index < -0.39 is 29.2 Å². The van der Waals surface area contributed by atoms with Crippen LogP contribution in [0, 0.1) is 17.3 Å². The number of benzene rings is 1. The molecule has 5 nitrogen and oxygen atoms in total. The fourth-order valence-electron chi connectivity index (χ4n) is 3.35. The lowest BCUT2D eigenvalue weighted by atomic mass is 9.76. The van der Waals surface area contributed by atoms with Gasteiger partial charge >= 0.3 is 11.9 Å². The molecule has 3 unspecified atom stereocenters. The molecule has 1 aromatic carbocycles. The lowest BCUT2D eigenvalue weighted by molar-refractivity contribution is -0.149. The van der Waals surface area contributed by atoms with Gasteiger partial charge in [-0.15, -0.1) is 0 Å². The van der Waals surface area contributed by atoms with E-state index in [4.69, 9.17) is 4.74 Å². The zero-order valence-electron chi connectivity index (χ0n) is 12.4. The Kier molecular flexibility index (Phi) is 3.94. The first-order valence-corrected chi connectivity index (χ1v) is 6.94. The summed E-state index contributed by atoms with van der Waals surface area (Å²) in [7, 11) is 1.58. The predicted molar refractivity (Wildman–Crippen MR) is 76.4 cm³/mol. The van der Waals surface area contributed by atoms with Crippen LogP contribution in [-0.2, 0) is 9.59 Å². The van der Waals surface area contributed by atoms with Crippen molar-refractivity contribution in [3.63, 3.8) is 0 Å². The summed E-state index contributed by atoms with van der Waals surface area (Å²) >= 11 is 0. The number of aliphatic carboxylic acids is 2. The van der Waals surface area contributed by atoms with Crippen molar-refractivity contribution in [1.82, 2.24) is 0 Å². The number of carbonyl (C=O) groups is 2. The lowest BCUT2D eigenvalue weighted by Gasteiger charge is -2.26. The Hall–Kier alpha value is -2.04. The molecule has 0 aromatic heterocycles. The number of carboxylic acids is 2. The Morgan fingerprint density at radius 1 is 1.14 bits per heavy atom. The fourth-order valence-corrected chi connectivity index (χ4v) is 3.35. The zero-order chi connectivity index (χ0) is 15.8. The second-order valence-electron chi connectivity index (χ2n) is 5.76. The molecule has 1 aromatic rings. The molecule has 0 aliphatic heterocycles. The van der Waals surface area contributed by atoms with Gasteiger partial charge in [0.15, 0.2) is 0 Å². The van der Waals surface area contributed by atoms with Crippen molar-refractivity contribution in [2.24, 2.45) is 17.3 Å². The monoisotopic (exact) mass is 292 g/mol. The average molecular weight is 292 g/mol. The largest absolute Gasteiger partial charge is 0.497 e. The normalized spacial score (nSPS) is 26.7. The molecule has 0 heterocycles. The molecule has 3 atom stereocenters. The van der Waals surface area contributed by atoms with E-state index in [-0.39, 0.29) is 5.92 Å². The van der Waals surface area contributed by atoms with Crippen LogP contribution in [0.25, 0.3) is 0 Å². The number of hydrogen-bond donors (Lipinski definition) is 2. The van der Waals surface area contributed by atoms with E-state index in [2.05, 4.69) is 0 Å². The van der Waals surface area contributed by atoms with Crippen molar-refractivity contribution in [3.05, 3.63) is 29.8 Å². The fraction of sp³-hybridized carbons (Fsp3) is 0.500. The second-order valence-corrected chi connectivity index (χ2v) is 5.76. The van der Waals surface area contributed by atoms with E-state index in [1.165, 1.54) is 0 Å². The van der Waals surface area contributed by atoms with Gasteiger partial charge in [0.25, 0.3) is 0 Å². The number of carboxylic acid groups (broad SMARTS) is 2. The summed E-state index contributed by atoms with van der Waals surface area (Å²) in [6.45, 7) is 3.20. The van der Waals surface area contributed by atoms with E-state index in [0.29, 0.717) is 6.42 Å². The van der Waals surface area contributed by atoms with Crippen LogP contribution >= 0.6 is 0 Å². The van der Waals surface area contributed by atoms with Crippen LogP contribution in [0.15, 0.2) is 24.3 Å². The topological polar surface area (TPSA) is 83.8 Å². The van der Waals surface area contributed by atoms with E-state index in [1.54, 1.807) is 21.0 Å². The van der Waals surface area contributed by atoms with Gasteiger partial charge in [-0.25, -0.2) is 0 Å². The molecule has 2 N–H and O–H groups in total. The minimum Gasteiger partial charge on any atom is -0.497 e. The van der Waals surface area contributed by atoms with Gasteiger partial charge in [-0.2, -0.15) is 0 Å². The Labute approximate surface area is 123 Å². The van der Waals surface area contributed by atoms with E-state index in [0.717, 1.165) is 11.3 Å². The van der Waals surface area contributed by atoms with Gasteiger partial charge in [0.2, 0.25) is 0 Å². The predicted octanol–water partition coefficient (Wildman–Crippen LogP) is 2.61. The lowest BCUT2D eigenvalue weighted by Crippen LogP contribution is -2.33. The van der Waals surface area contributed by atoms with Gasteiger partial charge in [0, 0.05) is 5.41 Å². The summed E-state index contributed by atoms with van der Waals surface area (Å²) < 4.78 is 5.10. The molecule has 1 fully saturated rings. The first-order chi connectivity index (χ1) is 9.84. The quantitative estimate of drug-likeness (QED) is 0.842. The molecular weight excluding hydrogens is 272 g/mol. The summed E-state index contributed by atoms with van der Waals surface area (Å²) in [6, 6.07) is 7.40. The summed E-state index contributed by atoms with van der Waals surface area (Å²) in [6.07, 6.45) is 0.584. The highest BCUT2D eigenvalue weighted by atomic mass is 16.5. The molecule has 0 saturated heterocycles. The SMILES string of the molecule is COc1ccc(C2CC2(C(C)C(=O)O)C(C)C(=O)O)cc1. The number of hydrogen-bond acceptors (Lipinski definition) is 3. The first-order valence-electron chi connectivity index (χ1n) is 6.94. The molecule has 2 rings (SSSR count). The van der Waals surface area contributed by atoms with Crippen molar-refractivity contribution in [3.8, 4) is 5.75 Å². The average Bonchev–Trinajstić information content (AvgIpc) is 3.22. The molecule has 114 valence electrons. The Morgan fingerprint density at radius 3 is 2.00 bits per heavy atom. The highest BCUT2D eigenvalue weighted by molar-refractivity contribution is 5.77. The van der Waals surface area contributed by atoms with Gasteiger partial charge in [-0.1, -0.05) is 26.0 Å². The van der Waals surface area contributed by atoms with Crippen LogP contribution in [-0.4, -0.2) is 29.3 Å². The van der Waals surface area contributed by atoms with Crippen LogP contribution in [0.1, 0.15) is 31.7 Å². The molecule has 21 heavy (non-hydrogen) atoms. The molecule has 5 heteroatoms. The van der Waals surface area contributed by atoms with Gasteiger partial charge in [0.1, 0.15) is 5.75 Å². The van der Waals surface area contributed by atoms with Crippen molar-refractivity contribution in [2.45, 2.75) is 26.2 Å². The third-order valence-electron chi connectivity index (χ3n) is 4.92. The second kappa shape index (κ2) is 5.39. The molecule has 0 amide bonds. The van der Waals surface area contributed by atoms with Crippen molar-refractivity contribution in [1.29, 1.82) is 0 Å². The van der Waals surface area contributed by atoms with E-state index >= 15 is 0 Å². The van der Waals surface area contributed by atoms with Crippen LogP contribution in [0.3, 0.4) is 0 Å². The van der Waals surface area contributed by atoms with E-state index in [1.807, 2.05) is 24.3 Å². The van der Waals surface area contributed by atoms with Crippen LogP contribution in [0.2, 0.25) is 0 Å². The minimum atomic E-state index is -0.945. The van der Waals surface area contributed by atoms with Gasteiger partial charge in [-0.3, -0.25) is 9.59 Å². The Balaban J connectivity index is 2.32. The van der Waals surface area contributed by atoms with Gasteiger partial charge in [-0.05, 0) is 30.0 Å². The van der Waals surface area contributed by atoms with Gasteiger partial charge < -0.3 is 14.9 Å². The maximum absolute atomic E-state index is 11.4. The minimum absolute atomic E-state index is 0.0411. The standard InChI is InChI=1S/C16H20O5/c1-9(14(17)18)16(10(2)15(19)20)8-13(16)11-4-6-12(21-3)7-5-11/h4-7,9-10,13H,8H2,1-3H3,(H,17,18)(H,19,20). The van der Waals surface area contributed by atoms with Crippen molar-refractivity contribution < 1.29 is 24.5 Å². The third-order valence-corrected chi connectivity index (χ3v) is 4.92. The Morgan fingerprint density at radius 2 is 1.62 bits per heavy atom. The maximum atomic E-state index is 11.4. The summed E-state index contributed by atoms with van der Waals surface area (Å²) in [5.41, 5.74) is 0.253. The third kappa shape index (κ3) is 2.48. The van der Waals surface area contributed by atoms with Crippen LogP contribution in [0.4, 0.5) is 0 Å². The molecule has 1 saturated carbocycles. The van der Waals surface area contributed by atoms with Gasteiger partial charge in [0.05, 0.1) is 18.9 Å². The molecule has 1 aliphatic carbocycles. The summed E-state index contributed by atoms with van der Waals surface area (Å²) in [4.78, 5) is 22.8. The number of ether oxygens (including phenoxy) is 1. The molecule has 0 spiro atoms. The van der Waals surface area contributed by atoms with Crippen molar-refractivity contribution in [2.75, 3.05) is 7.11 Å². The smallest absolute Gasteiger partial charge is 0.306 e. The summed E-state index contributed by atoms with van der Waals surface area (Å²) in [5.74, 6) is -2.60. The molecule has 0 bridgehead atoms. The summed E-state index contributed by atoms with van der Waals surface area (Å²) in [5, 5.41) is 18.6. The number of methoxy groups -OCH3 is 1.